The van der Waals surface area contributed by atoms with Crippen LogP contribution in [0, 0.1) is 0 Å². The highest BCUT2D eigenvalue weighted by molar-refractivity contribution is 5.73. The second kappa shape index (κ2) is 7.35. The van der Waals surface area contributed by atoms with Gasteiger partial charge in [-0.25, -0.2) is 9.78 Å². The van der Waals surface area contributed by atoms with E-state index in [-0.39, 0.29) is 11.7 Å². The van der Waals surface area contributed by atoms with Gasteiger partial charge in [0.05, 0.1) is 12.2 Å². The van der Waals surface area contributed by atoms with E-state index in [4.69, 9.17) is 19.4 Å². The molecule has 0 bridgehead atoms. The van der Waals surface area contributed by atoms with Crippen LogP contribution in [0.25, 0.3) is 0 Å². The summed E-state index contributed by atoms with van der Waals surface area (Å²) in [6, 6.07) is 5.77. The third kappa shape index (κ3) is 5.07. The van der Waals surface area contributed by atoms with Crippen LogP contribution in [-0.2, 0) is 9.53 Å². The van der Waals surface area contributed by atoms with Crippen molar-refractivity contribution in [1.29, 1.82) is 0 Å². The average molecular weight is 348 g/mol. The van der Waals surface area contributed by atoms with Crippen molar-refractivity contribution in [3.05, 3.63) is 24.4 Å². The topological polar surface area (TPSA) is 71.9 Å². The number of nitrogens with zero attached hydrogens (tertiary/aromatic N) is 2. The van der Waals surface area contributed by atoms with Crippen LogP contribution in [0.4, 0.5) is 13.2 Å². The van der Waals surface area contributed by atoms with Gasteiger partial charge in [-0.15, -0.1) is 0 Å². The zero-order chi connectivity index (χ0) is 17.8. The summed E-state index contributed by atoms with van der Waals surface area (Å²) < 4.78 is 43.5. The van der Waals surface area contributed by atoms with E-state index in [1.54, 1.807) is 6.20 Å². The Balaban J connectivity index is 0.000000256. The van der Waals surface area contributed by atoms with Gasteiger partial charge < -0.3 is 19.5 Å². The number of carbonyl (C=O) groups is 1. The molecular weight excluding hydrogens is 329 g/mol. The number of pyridine rings is 1. The van der Waals surface area contributed by atoms with E-state index in [0.717, 1.165) is 38.4 Å². The molecule has 1 N–H and O–H groups in total. The third-order valence-electron chi connectivity index (χ3n) is 3.73. The molecule has 6 nitrogen and oxygen atoms in total. The smallest absolute Gasteiger partial charge is 0.475 e. The van der Waals surface area contributed by atoms with Gasteiger partial charge in [0.1, 0.15) is 6.10 Å². The number of carboxylic acid groups (broad SMARTS) is 1. The highest BCUT2D eigenvalue weighted by Gasteiger charge is 2.46. The second-order valence-electron chi connectivity index (χ2n) is 5.91. The Morgan fingerprint density at radius 1 is 1.46 bits per heavy atom. The molecule has 9 heteroatoms. The first-order valence-corrected chi connectivity index (χ1v) is 7.40. The summed E-state index contributed by atoms with van der Waals surface area (Å²) in [5.74, 6) is -2.03. The maximum Gasteiger partial charge on any atom is 0.490 e. The molecule has 0 amide bonds. The van der Waals surface area contributed by atoms with Crippen LogP contribution in [0.15, 0.2) is 24.4 Å². The van der Waals surface area contributed by atoms with Crippen LogP contribution in [0.5, 0.6) is 5.88 Å². The molecule has 1 spiro atoms. The summed E-state index contributed by atoms with van der Waals surface area (Å²) in [6.45, 7) is 2.84. The monoisotopic (exact) mass is 348 g/mol. The Morgan fingerprint density at radius 3 is 2.62 bits per heavy atom. The predicted octanol–water partition coefficient (Wildman–Crippen LogP) is 1.96. The summed E-state index contributed by atoms with van der Waals surface area (Å²) in [5, 5.41) is 7.12. The lowest BCUT2D eigenvalue weighted by Gasteiger charge is -2.51. The molecule has 0 aliphatic carbocycles. The largest absolute Gasteiger partial charge is 0.490 e. The van der Waals surface area contributed by atoms with E-state index in [9.17, 15) is 13.2 Å². The molecule has 0 aromatic carbocycles. The van der Waals surface area contributed by atoms with Gasteiger partial charge >= 0.3 is 12.1 Å². The fraction of sp³-hybridized carbons (Fsp3) is 0.600. The lowest BCUT2D eigenvalue weighted by Crippen LogP contribution is -2.64. The number of halogens is 3. The van der Waals surface area contributed by atoms with E-state index >= 15 is 0 Å². The molecular formula is C15H19F3N2O4. The first-order chi connectivity index (χ1) is 11.2. The number of likely N-dealkylation sites (tertiary alicyclic amines) is 1. The predicted molar refractivity (Wildman–Crippen MR) is 77.8 cm³/mol. The first-order valence-electron chi connectivity index (χ1n) is 7.40. The molecule has 2 aliphatic rings. The normalized spacial score (nSPS) is 22.9. The highest BCUT2D eigenvalue weighted by Crippen LogP contribution is 2.34. The SMILES string of the molecule is CN1CC2(CC(Oc3ccccn3)CCO2)C1.O=C(O)C(F)(F)F. The quantitative estimate of drug-likeness (QED) is 0.881. The number of aliphatic carboxylic acids is 1. The van der Waals surface area contributed by atoms with Crippen LogP contribution in [0.1, 0.15) is 12.8 Å². The summed E-state index contributed by atoms with van der Waals surface area (Å²) in [4.78, 5) is 15.4. The molecule has 2 fully saturated rings. The minimum Gasteiger partial charge on any atom is -0.475 e. The van der Waals surface area contributed by atoms with Crippen molar-refractivity contribution in [1.82, 2.24) is 9.88 Å². The Hall–Kier alpha value is -1.87. The number of aromatic nitrogens is 1. The van der Waals surface area contributed by atoms with Gasteiger partial charge in [0.25, 0.3) is 0 Å². The van der Waals surface area contributed by atoms with E-state index in [1.807, 2.05) is 18.2 Å². The van der Waals surface area contributed by atoms with Gasteiger partial charge in [-0.05, 0) is 13.1 Å². The highest BCUT2D eigenvalue weighted by atomic mass is 19.4. The molecule has 1 aromatic rings. The van der Waals surface area contributed by atoms with Crippen molar-refractivity contribution < 1.29 is 32.5 Å². The van der Waals surface area contributed by atoms with Crippen LogP contribution < -0.4 is 4.74 Å². The van der Waals surface area contributed by atoms with Crippen LogP contribution >= 0.6 is 0 Å². The van der Waals surface area contributed by atoms with E-state index in [2.05, 4.69) is 16.9 Å². The number of hydrogen-bond donors (Lipinski definition) is 1. The fourth-order valence-corrected chi connectivity index (χ4v) is 2.83. The zero-order valence-corrected chi connectivity index (χ0v) is 13.1. The Labute approximate surface area is 137 Å². The van der Waals surface area contributed by atoms with Crippen LogP contribution in [-0.4, -0.2) is 65.6 Å². The summed E-state index contributed by atoms with van der Waals surface area (Å²) in [6.07, 6.45) is -1.13. The lowest BCUT2D eigenvalue weighted by atomic mass is 9.85. The molecule has 3 rings (SSSR count). The van der Waals surface area contributed by atoms with Crippen molar-refractivity contribution >= 4 is 5.97 Å². The lowest BCUT2D eigenvalue weighted by molar-refractivity contribution is -0.192. The van der Waals surface area contributed by atoms with Crippen molar-refractivity contribution in [3.63, 3.8) is 0 Å². The third-order valence-corrected chi connectivity index (χ3v) is 3.73. The van der Waals surface area contributed by atoms with E-state index in [1.165, 1.54) is 0 Å². The number of likely N-dealkylation sites (N-methyl/N-ethyl adjacent to an activating group) is 1. The maximum atomic E-state index is 10.6. The minimum absolute atomic E-state index is 0.0481. The Kier molecular flexibility index (Phi) is 5.66. The standard InChI is InChI=1S/C13H18N2O2.C2HF3O2/c1-15-9-13(10-15)8-11(5-7-16-13)17-12-4-2-3-6-14-12;3-2(4,5)1(6)7/h2-4,6,11H,5,7-10H2,1H3;(H,6,7). The van der Waals surface area contributed by atoms with Gasteiger partial charge in [0.15, 0.2) is 0 Å². The van der Waals surface area contributed by atoms with E-state index in [0.29, 0.717) is 0 Å². The van der Waals surface area contributed by atoms with Crippen molar-refractivity contribution in [3.8, 4) is 5.88 Å². The van der Waals surface area contributed by atoms with Gasteiger partial charge in [-0.3, -0.25) is 0 Å². The molecule has 0 radical (unpaired) electrons. The second-order valence-corrected chi connectivity index (χ2v) is 5.91. The molecule has 2 saturated heterocycles. The fourth-order valence-electron chi connectivity index (χ4n) is 2.83. The van der Waals surface area contributed by atoms with Crippen LogP contribution in [0.3, 0.4) is 0 Å². The Bertz CT molecular complexity index is 542. The number of rotatable bonds is 2. The summed E-state index contributed by atoms with van der Waals surface area (Å²) >= 11 is 0. The number of alkyl halides is 3. The number of ether oxygens (including phenoxy) is 2. The van der Waals surface area contributed by atoms with Crippen LogP contribution in [0.2, 0.25) is 0 Å². The van der Waals surface area contributed by atoms with Gasteiger partial charge in [0, 0.05) is 38.2 Å². The van der Waals surface area contributed by atoms with Gasteiger partial charge in [-0.2, -0.15) is 13.2 Å². The average Bonchev–Trinajstić information content (AvgIpc) is 2.47. The number of carboxylic acids is 1. The molecule has 1 aromatic heterocycles. The summed E-state index contributed by atoms with van der Waals surface area (Å²) in [7, 11) is 2.12. The molecule has 1 atom stereocenters. The van der Waals surface area contributed by atoms with Gasteiger partial charge in [-0.1, -0.05) is 6.07 Å². The number of hydrogen-bond acceptors (Lipinski definition) is 5. The van der Waals surface area contributed by atoms with Crippen molar-refractivity contribution in [2.45, 2.75) is 30.7 Å². The maximum absolute atomic E-state index is 10.6. The molecule has 24 heavy (non-hydrogen) atoms. The summed E-state index contributed by atoms with van der Waals surface area (Å²) in [5.41, 5.74) is 0.0481. The molecule has 3 heterocycles. The molecule has 2 aliphatic heterocycles. The zero-order valence-electron chi connectivity index (χ0n) is 13.1. The minimum atomic E-state index is -5.08. The van der Waals surface area contributed by atoms with Crippen molar-refractivity contribution in [2.24, 2.45) is 0 Å². The first kappa shape index (κ1) is 18.5. The van der Waals surface area contributed by atoms with Crippen molar-refractivity contribution in [2.75, 3.05) is 26.7 Å². The molecule has 1 unspecified atom stereocenters. The Morgan fingerprint density at radius 2 is 2.12 bits per heavy atom. The van der Waals surface area contributed by atoms with E-state index < -0.39 is 12.1 Å². The molecule has 0 saturated carbocycles. The van der Waals surface area contributed by atoms with Gasteiger partial charge in [0.2, 0.25) is 5.88 Å². The molecule has 134 valence electrons.